The SMILES string of the molecule is CC(=O)Nc1ccc(C#CCNC(=O)c2cc3ccccc3[nH]2)cc1. The molecule has 3 rings (SSSR count). The van der Waals surface area contributed by atoms with Crippen molar-refractivity contribution in [3.05, 3.63) is 65.9 Å². The quantitative estimate of drug-likeness (QED) is 0.646. The zero-order valence-electron chi connectivity index (χ0n) is 13.7. The van der Waals surface area contributed by atoms with Crippen LogP contribution in [0.5, 0.6) is 0 Å². The Morgan fingerprint density at radius 1 is 1.08 bits per heavy atom. The summed E-state index contributed by atoms with van der Waals surface area (Å²) in [6.07, 6.45) is 0. The van der Waals surface area contributed by atoms with Crippen molar-refractivity contribution in [2.24, 2.45) is 0 Å². The van der Waals surface area contributed by atoms with Crippen molar-refractivity contribution in [3.63, 3.8) is 0 Å². The van der Waals surface area contributed by atoms with E-state index in [-0.39, 0.29) is 18.4 Å². The van der Waals surface area contributed by atoms with Gasteiger partial charge in [-0.25, -0.2) is 0 Å². The highest BCUT2D eigenvalue weighted by Crippen LogP contribution is 2.14. The van der Waals surface area contributed by atoms with Crippen LogP contribution in [0.15, 0.2) is 54.6 Å². The van der Waals surface area contributed by atoms with Gasteiger partial charge in [0.05, 0.1) is 6.54 Å². The first-order valence-corrected chi connectivity index (χ1v) is 7.84. The van der Waals surface area contributed by atoms with Crippen LogP contribution in [0.4, 0.5) is 5.69 Å². The normalized spacial score (nSPS) is 9.96. The van der Waals surface area contributed by atoms with Gasteiger partial charge in [0.2, 0.25) is 5.91 Å². The van der Waals surface area contributed by atoms with Crippen molar-refractivity contribution >= 4 is 28.4 Å². The number of benzene rings is 2. The Morgan fingerprint density at radius 2 is 1.84 bits per heavy atom. The zero-order chi connectivity index (χ0) is 17.6. The number of hydrogen-bond acceptors (Lipinski definition) is 2. The van der Waals surface area contributed by atoms with Crippen molar-refractivity contribution in [2.75, 3.05) is 11.9 Å². The topological polar surface area (TPSA) is 74.0 Å². The molecule has 0 fully saturated rings. The Labute approximate surface area is 145 Å². The van der Waals surface area contributed by atoms with Crippen LogP contribution in [0, 0.1) is 11.8 Å². The second-order valence-corrected chi connectivity index (χ2v) is 5.51. The summed E-state index contributed by atoms with van der Waals surface area (Å²) in [7, 11) is 0. The fourth-order valence-corrected chi connectivity index (χ4v) is 2.40. The Bertz CT molecular complexity index is 942. The largest absolute Gasteiger partial charge is 0.351 e. The average Bonchev–Trinajstić information content (AvgIpc) is 3.04. The number of carbonyl (C=O) groups excluding carboxylic acids is 2. The van der Waals surface area contributed by atoms with Gasteiger partial charge < -0.3 is 15.6 Å². The lowest BCUT2D eigenvalue weighted by Crippen LogP contribution is -2.23. The number of carbonyl (C=O) groups is 2. The van der Waals surface area contributed by atoms with E-state index in [2.05, 4.69) is 27.5 Å². The minimum Gasteiger partial charge on any atom is -0.351 e. The standard InChI is InChI=1S/C20H17N3O2/c1-14(24)22-17-10-8-15(9-11-17)5-4-12-21-20(25)19-13-16-6-2-3-7-18(16)23-19/h2-3,6-11,13,23H,12H2,1H3,(H,21,25)(H,22,24). The summed E-state index contributed by atoms with van der Waals surface area (Å²) >= 11 is 0. The van der Waals surface area contributed by atoms with E-state index in [1.165, 1.54) is 6.92 Å². The highest BCUT2D eigenvalue weighted by Gasteiger charge is 2.07. The predicted molar refractivity (Wildman–Crippen MR) is 98.3 cm³/mol. The Kier molecular flexibility index (Phi) is 4.82. The maximum absolute atomic E-state index is 12.1. The fraction of sp³-hybridized carbons (Fsp3) is 0.100. The number of para-hydroxylation sites is 1. The van der Waals surface area contributed by atoms with Crippen LogP contribution in [-0.2, 0) is 4.79 Å². The second-order valence-electron chi connectivity index (χ2n) is 5.51. The summed E-state index contributed by atoms with van der Waals surface area (Å²) in [5.41, 5.74) is 2.99. The lowest BCUT2D eigenvalue weighted by Gasteiger charge is -2.00. The van der Waals surface area contributed by atoms with Crippen LogP contribution in [0.1, 0.15) is 23.0 Å². The molecule has 1 aromatic heterocycles. The molecule has 5 nitrogen and oxygen atoms in total. The van der Waals surface area contributed by atoms with E-state index in [4.69, 9.17) is 0 Å². The maximum atomic E-state index is 12.1. The second kappa shape index (κ2) is 7.37. The first-order valence-electron chi connectivity index (χ1n) is 7.84. The van der Waals surface area contributed by atoms with Crippen LogP contribution in [0.2, 0.25) is 0 Å². The monoisotopic (exact) mass is 331 g/mol. The molecule has 0 aliphatic rings. The van der Waals surface area contributed by atoms with Crippen molar-refractivity contribution < 1.29 is 9.59 Å². The van der Waals surface area contributed by atoms with Gasteiger partial charge in [-0.1, -0.05) is 30.0 Å². The number of H-pyrrole nitrogens is 1. The molecule has 0 radical (unpaired) electrons. The third kappa shape index (κ3) is 4.27. The van der Waals surface area contributed by atoms with Crippen LogP contribution in [0.25, 0.3) is 10.9 Å². The molecule has 3 aromatic rings. The van der Waals surface area contributed by atoms with E-state index in [0.29, 0.717) is 5.69 Å². The van der Waals surface area contributed by atoms with E-state index >= 15 is 0 Å². The van der Waals surface area contributed by atoms with Gasteiger partial charge >= 0.3 is 0 Å². The summed E-state index contributed by atoms with van der Waals surface area (Å²) in [5, 5.41) is 6.46. The van der Waals surface area contributed by atoms with Gasteiger partial charge in [-0.2, -0.15) is 0 Å². The molecule has 0 aliphatic heterocycles. The van der Waals surface area contributed by atoms with Crippen LogP contribution >= 0.6 is 0 Å². The number of hydrogen-bond donors (Lipinski definition) is 3. The zero-order valence-corrected chi connectivity index (χ0v) is 13.7. The Morgan fingerprint density at radius 3 is 2.56 bits per heavy atom. The number of rotatable bonds is 3. The number of fused-ring (bicyclic) bond motifs is 1. The lowest BCUT2D eigenvalue weighted by atomic mass is 10.2. The van der Waals surface area contributed by atoms with Crippen molar-refractivity contribution in [1.82, 2.24) is 10.3 Å². The van der Waals surface area contributed by atoms with Crippen LogP contribution < -0.4 is 10.6 Å². The van der Waals surface area contributed by atoms with Gasteiger partial charge in [-0.3, -0.25) is 9.59 Å². The third-order valence-corrected chi connectivity index (χ3v) is 3.55. The number of aromatic nitrogens is 1. The third-order valence-electron chi connectivity index (χ3n) is 3.55. The molecule has 5 heteroatoms. The van der Waals surface area contributed by atoms with Crippen LogP contribution in [0.3, 0.4) is 0 Å². The molecule has 0 saturated heterocycles. The van der Waals surface area contributed by atoms with E-state index in [9.17, 15) is 9.59 Å². The van der Waals surface area contributed by atoms with Gasteiger partial charge in [0.1, 0.15) is 5.69 Å². The molecule has 3 N–H and O–H groups in total. The van der Waals surface area contributed by atoms with Crippen molar-refractivity contribution in [3.8, 4) is 11.8 Å². The molecule has 0 spiro atoms. The number of aromatic amines is 1. The van der Waals surface area contributed by atoms with E-state index < -0.39 is 0 Å². The van der Waals surface area contributed by atoms with Gasteiger partial charge in [0.15, 0.2) is 0 Å². The van der Waals surface area contributed by atoms with Gasteiger partial charge in [0, 0.05) is 29.1 Å². The van der Waals surface area contributed by atoms with Gasteiger partial charge in [-0.05, 0) is 36.4 Å². The molecule has 25 heavy (non-hydrogen) atoms. The first-order chi connectivity index (χ1) is 12.1. The molecule has 124 valence electrons. The Hall–Kier alpha value is -3.52. The first kappa shape index (κ1) is 16.3. The minimum atomic E-state index is -0.188. The van der Waals surface area contributed by atoms with Crippen molar-refractivity contribution in [1.29, 1.82) is 0 Å². The molecule has 0 aliphatic carbocycles. The summed E-state index contributed by atoms with van der Waals surface area (Å²) in [5.74, 6) is 5.58. The summed E-state index contributed by atoms with van der Waals surface area (Å²) in [4.78, 5) is 26.2. The average molecular weight is 331 g/mol. The van der Waals surface area contributed by atoms with E-state index in [0.717, 1.165) is 22.2 Å². The number of nitrogens with one attached hydrogen (secondary N) is 3. The van der Waals surface area contributed by atoms with Crippen LogP contribution in [-0.4, -0.2) is 23.3 Å². The van der Waals surface area contributed by atoms with E-state index in [1.807, 2.05) is 42.5 Å². The van der Waals surface area contributed by atoms with Crippen molar-refractivity contribution in [2.45, 2.75) is 6.92 Å². The minimum absolute atomic E-state index is 0.112. The summed E-state index contributed by atoms with van der Waals surface area (Å²) < 4.78 is 0. The molecule has 0 atom stereocenters. The number of amides is 2. The lowest BCUT2D eigenvalue weighted by molar-refractivity contribution is -0.114. The molecule has 2 amide bonds. The van der Waals surface area contributed by atoms with Gasteiger partial charge in [0.25, 0.3) is 5.91 Å². The molecule has 2 aromatic carbocycles. The molecular weight excluding hydrogens is 314 g/mol. The molecule has 0 unspecified atom stereocenters. The summed E-state index contributed by atoms with van der Waals surface area (Å²) in [6, 6.07) is 16.8. The molecule has 0 saturated carbocycles. The molecular formula is C20H17N3O2. The molecule has 1 heterocycles. The highest BCUT2D eigenvalue weighted by molar-refractivity contribution is 5.98. The van der Waals surface area contributed by atoms with Gasteiger partial charge in [-0.15, -0.1) is 0 Å². The molecule has 0 bridgehead atoms. The predicted octanol–water partition coefficient (Wildman–Crippen LogP) is 2.91. The Balaban J connectivity index is 1.56. The number of anilines is 1. The smallest absolute Gasteiger partial charge is 0.268 e. The highest BCUT2D eigenvalue weighted by atomic mass is 16.2. The maximum Gasteiger partial charge on any atom is 0.268 e. The summed E-state index contributed by atoms with van der Waals surface area (Å²) in [6.45, 7) is 1.71. The fourth-order valence-electron chi connectivity index (χ4n) is 2.40. The van der Waals surface area contributed by atoms with E-state index in [1.54, 1.807) is 12.1 Å².